The smallest absolute Gasteiger partial charge is 0.164 e. The second-order valence-corrected chi connectivity index (χ2v) is 4.12. The summed E-state index contributed by atoms with van der Waals surface area (Å²) in [6.07, 6.45) is 1.29. The maximum Gasteiger partial charge on any atom is 0.164 e. The monoisotopic (exact) mass is 270 g/mol. The van der Waals surface area contributed by atoms with Gasteiger partial charge in [0.05, 0.1) is 6.61 Å². The number of rotatable bonds is 5. The number of aryl methyl sites for hydroxylation is 1. The third-order valence-electron chi connectivity index (χ3n) is 2.39. The molecule has 1 aromatic rings. The van der Waals surface area contributed by atoms with Gasteiger partial charge < -0.3 is 5.11 Å². The van der Waals surface area contributed by atoms with Crippen molar-refractivity contribution in [3.8, 4) is 0 Å². The van der Waals surface area contributed by atoms with Crippen LogP contribution in [0.1, 0.15) is 34.8 Å². The number of Topliss-reactive ketones (excluding diaryl/α,β-unsaturated/α-hetero) is 1. The molecule has 0 saturated carbocycles. The van der Waals surface area contributed by atoms with Gasteiger partial charge in [-0.15, -0.1) is 0 Å². The molecule has 0 amide bonds. The van der Waals surface area contributed by atoms with Gasteiger partial charge in [-0.25, -0.2) is 0 Å². The summed E-state index contributed by atoms with van der Waals surface area (Å²) in [5, 5.41) is 9.85. The van der Waals surface area contributed by atoms with Crippen LogP contribution < -0.4 is 0 Å². The number of carbonyl (C=O) groups excluding carboxylic acids is 1. The van der Waals surface area contributed by atoms with Crippen LogP contribution in [0.5, 0.6) is 0 Å². The van der Waals surface area contributed by atoms with Crippen molar-refractivity contribution in [3.05, 3.63) is 34.9 Å². The summed E-state index contributed by atoms with van der Waals surface area (Å²) in [5.41, 5.74) is 2.47. The van der Waals surface area contributed by atoms with Gasteiger partial charge in [-0.3, -0.25) is 4.79 Å². The average molecular weight is 271 g/mol. The van der Waals surface area contributed by atoms with E-state index >= 15 is 0 Å². The Morgan fingerprint density at radius 1 is 1.40 bits per heavy atom. The Balaban J connectivity index is 3.15. The lowest BCUT2D eigenvalue weighted by molar-refractivity contribution is 0.0986. The number of hydrogen-bond acceptors (Lipinski definition) is 2. The van der Waals surface area contributed by atoms with E-state index < -0.39 is 0 Å². The van der Waals surface area contributed by atoms with Crippen LogP contribution in [0.3, 0.4) is 0 Å². The van der Waals surface area contributed by atoms with Crippen LogP contribution in [0.25, 0.3) is 0 Å². The van der Waals surface area contributed by atoms with E-state index in [9.17, 15) is 9.90 Å². The molecule has 0 bridgehead atoms. The van der Waals surface area contributed by atoms with Crippen molar-refractivity contribution in [1.82, 2.24) is 0 Å². The minimum Gasteiger partial charge on any atom is -0.392 e. The van der Waals surface area contributed by atoms with Gasteiger partial charge in [-0.1, -0.05) is 41.1 Å². The van der Waals surface area contributed by atoms with E-state index in [1.165, 1.54) is 0 Å². The zero-order valence-electron chi connectivity index (χ0n) is 8.79. The average Bonchev–Trinajstić information content (AvgIpc) is 2.28. The van der Waals surface area contributed by atoms with Gasteiger partial charge in [0.15, 0.2) is 5.78 Å². The molecule has 0 unspecified atom stereocenters. The van der Waals surface area contributed by atoms with Gasteiger partial charge >= 0.3 is 0 Å². The van der Waals surface area contributed by atoms with Crippen LogP contribution in [-0.4, -0.2) is 16.2 Å². The summed E-state index contributed by atoms with van der Waals surface area (Å²) in [5.74, 6) is 0.105. The molecule has 0 fully saturated rings. The van der Waals surface area contributed by atoms with Gasteiger partial charge in [0.2, 0.25) is 0 Å². The summed E-state index contributed by atoms with van der Waals surface area (Å²) < 4.78 is 0. The van der Waals surface area contributed by atoms with Crippen LogP contribution >= 0.6 is 15.9 Å². The van der Waals surface area contributed by atoms with Gasteiger partial charge in [0.1, 0.15) is 0 Å². The molecular formula is C12H15BrO2. The minimum absolute atomic E-state index is 0.0722. The van der Waals surface area contributed by atoms with Crippen molar-refractivity contribution in [2.75, 3.05) is 5.33 Å². The second kappa shape index (κ2) is 6.03. The predicted molar refractivity (Wildman–Crippen MR) is 64.5 cm³/mol. The van der Waals surface area contributed by atoms with Crippen molar-refractivity contribution in [1.29, 1.82) is 0 Å². The molecule has 1 aromatic carbocycles. The zero-order chi connectivity index (χ0) is 11.3. The number of aliphatic hydroxyl groups is 1. The van der Waals surface area contributed by atoms with E-state index in [0.717, 1.165) is 17.5 Å². The first-order valence-electron chi connectivity index (χ1n) is 5.05. The van der Waals surface area contributed by atoms with Crippen molar-refractivity contribution < 1.29 is 9.90 Å². The highest BCUT2D eigenvalue weighted by Crippen LogP contribution is 2.18. The van der Waals surface area contributed by atoms with Crippen LogP contribution in [0, 0.1) is 0 Å². The lowest BCUT2D eigenvalue weighted by Gasteiger charge is -2.10. The van der Waals surface area contributed by atoms with E-state index in [1.54, 1.807) is 6.07 Å². The summed E-state index contributed by atoms with van der Waals surface area (Å²) >= 11 is 3.26. The SMILES string of the molecule is CCc1cccc(CO)c1C(=O)CCBr. The van der Waals surface area contributed by atoms with E-state index in [0.29, 0.717) is 17.3 Å². The van der Waals surface area contributed by atoms with Gasteiger partial charge in [0.25, 0.3) is 0 Å². The number of alkyl halides is 1. The highest BCUT2D eigenvalue weighted by atomic mass is 79.9. The largest absolute Gasteiger partial charge is 0.392 e. The maximum absolute atomic E-state index is 11.9. The first kappa shape index (κ1) is 12.4. The van der Waals surface area contributed by atoms with Crippen molar-refractivity contribution in [3.63, 3.8) is 0 Å². The topological polar surface area (TPSA) is 37.3 Å². The molecule has 0 atom stereocenters. The molecule has 0 aromatic heterocycles. The normalized spacial score (nSPS) is 10.3. The Morgan fingerprint density at radius 3 is 2.60 bits per heavy atom. The van der Waals surface area contributed by atoms with E-state index in [4.69, 9.17) is 0 Å². The molecule has 1 N–H and O–H groups in total. The molecule has 3 heteroatoms. The minimum atomic E-state index is -0.0722. The second-order valence-electron chi connectivity index (χ2n) is 3.33. The number of aliphatic hydroxyl groups excluding tert-OH is 1. The van der Waals surface area contributed by atoms with Gasteiger partial charge in [-0.05, 0) is 17.5 Å². The number of ketones is 1. The summed E-state index contributed by atoms with van der Waals surface area (Å²) in [6.45, 7) is 1.94. The Labute approximate surface area is 98.4 Å². The fourth-order valence-electron chi connectivity index (χ4n) is 1.65. The molecular weight excluding hydrogens is 256 g/mol. The molecule has 1 rings (SSSR count). The highest BCUT2D eigenvalue weighted by molar-refractivity contribution is 9.09. The molecule has 0 heterocycles. The third-order valence-corrected chi connectivity index (χ3v) is 2.79. The Bertz CT molecular complexity index is 325. The molecule has 0 aliphatic rings. The number of hydrogen-bond donors (Lipinski definition) is 1. The van der Waals surface area contributed by atoms with Crippen LogP contribution in [0.15, 0.2) is 18.2 Å². The Morgan fingerprint density at radius 2 is 2.07 bits per heavy atom. The van der Waals surface area contributed by atoms with E-state index in [-0.39, 0.29) is 12.4 Å². The first-order valence-corrected chi connectivity index (χ1v) is 6.17. The van der Waals surface area contributed by atoms with Crippen molar-refractivity contribution in [2.45, 2.75) is 26.4 Å². The van der Waals surface area contributed by atoms with Crippen LogP contribution in [-0.2, 0) is 13.0 Å². The van der Waals surface area contributed by atoms with Crippen LogP contribution in [0.4, 0.5) is 0 Å². The zero-order valence-corrected chi connectivity index (χ0v) is 10.4. The lowest BCUT2D eigenvalue weighted by atomic mass is 9.95. The van der Waals surface area contributed by atoms with Crippen LogP contribution in [0.2, 0.25) is 0 Å². The molecule has 0 aliphatic heterocycles. The molecule has 0 saturated heterocycles. The fourth-order valence-corrected chi connectivity index (χ4v) is 2.01. The summed E-state index contributed by atoms with van der Waals surface area (Å²) in [7, 11) is 0. The molecule has 0 aliphatic carbocycles. The molecule has 2 nitrogen and oxygen atoms in total. The third kappa shape index (κ3) is 2.89. The number of benzene rings is 1. The number of carbonyl (C=O) groups is 1. The standard InChI is InChI=1S/C12H15BrO2/c1-2-9-4-3-5-10(8-14)12(9)11(15)6-7-13/h3-5,14H,2,6-8H2,1H3. The van der Waals surface area contributed by atoms with E-state index in [2.05, 4.69) is 15.9 Å². The molecule has 0 spiro atoms. The maximum atomic E-state index is 11.9. The van der Waals surface area contributed by atoms with Crippen molar-refractivity contribution in [2.24, 2.45) is 0 Å². The molecule has 15 heavy (non-hydrogen) atoms. The highest BCUT2D eigenvalue weighted by Gasteiger charge is 2.13. The number of halogens is 1. The molecule has 82 valence electrons. The quantitative estimate of drug-likeness (QED) is 0.660. The molecule has 0 radical (unpaired) electrons. The van der Waals surface area contributed by atoms with E-state index in [1.807, 2.05) is 19.1 Å². The predicted octanol–water partition coefficient (Wildman–Crippen LogP) is 2.71. The summed E-state index contributed by atoms with van der Waals surface area (Å²) in [4.78, 5) is 11.9. The van der Waals surface area contributed by atoms with Gasteiger partial charge in [0, 0.05) is 17.3 Å². The summed E-state index contributed by atoms with van der Waals surface area (Å²) in [6, 6.07) is 5.64. The van der Waals surface area contributed by atoms with Gasteiger partial charge in [-0.2, -0.15) is 0 Å². The van der Waals surface area contributed by atoms with Crippen molar-refractivity contribution >= 4 is 21.7 Å². The lowest BCUT2D eigenvalue weighted by Crippen LogP contribution is -2.08. The Kier molecular flexibility index (Phi) is 4.99. The first-order chi connectivity index (χ1) is 7.24. The Hall–Kier alpha value is -0.670. The fraction of sp³-hybridized carbons (Fsp3) is 0.417.